The van der Waals surface area contributed by atoms with E-state index < -0.39 is 45.7 Å². The van der Waals surface area contributed by atoms with Gasteiger partial charge in [-0.25, -0.2) is 9.59 Å². The van der Waals surface area contributed by atoms with Crippen molar-refractivity contribution >= 4 is 22.2 Å². The zero-order valence-corrected chi connectivity index (χ0v) is 14.1. The van der Waals surface area contributed by atoms with Crippen LogP contribution in [0.25, 0.3) is 0 Å². The molecule has 0 aliphatic carbocycles. The summed E-state index contributed by atoms with van der Waals surface area (Å²) in [6, 6.07) is -1.37. The number of esters is 1. The molecule has 1 rings (SSSR count). The van der Waals surface area contributed by atoms with Gasteiger partial charge in [0.2, 0.25) is 0 Å². The first-order chi connectivity index (χ1) is 10.7. The molecule has 0 bridgehead atoms. The highest BCUT2D eigenvalue weighted by molar-refractivity contribution is 7.86. The number of hydrogen-bond acceptors (Lipinski definition) is 7. The number of alkyl halides is 2. The number of morpholine rings is 1. The molecule has 1 atom stereocenters. The second-order valence-electron chi connectivity index (χ2n) is 5.98. The van der Waals surface area contributed by atoms with E-state index in [0.29, 0.717) is 0 Å². The summed E-state index contributed by atoms with van der Waals surface area (Å²) in [6.07, 6.45) is -0.866. The van der Waals surface area contributed by atoms with Crippen LogP contribution in [0.15, 0.2) is 0 Å². The minimum atomic E-state index is -5.73. The fourth-order valence-electron chi connectivity index (χ4n) is 1.66. The van der Waals surface area contributed by atoms with Gasteiger partial charge in [0.1, 0.15) is 5.60 Å². The highest BCUT2D eigenvalue weighted by Crippen LogP contribution is 2.22. The molecule has 1 N–H and O–H groups in total. The molecule has 1 aliphatic rings. The van der Waals surface area contributed by atoms with Crippen LogP contribution in [0.1, 0.15) is 20.8 Å². The van der Waals surface area contributed by atoms with E-state index in [-0.39, 0.29) is 19.8 Å². The van der Waals surface area contributed by atoms with Gasteiger partial charge in [0.25, 0.3) is 0 Å². The lowest BCUT2D eigenvalue weighted by Crippen LogP contribution is -2.54. The van der Waals surface area contributed by atoms with E-state index in [2.05, 4.69) is 4.74 Å². The van der Waals surface area contributed by atoms with Gasteiger partial charge in [0, 0.05) is 6.54 Å². The van der Waals surface area contributed by atoms with E-state index in [4.69, 9.17) is 14.0 Å². The topological polar surface area (TPSA) is 119 Å². The van der Waals surface area contributed by atoms with Crippen LogP contribution >= 0.6 is 0 Å². The molecule has 24 heavy (non-hydrogen) atoms. The van der Waals surface area contributed by atoms with Gasteiger partial charge in [-0.05, 0) is 20.8 Å². The van der Waals surface area contributed by atoms with Gasteiger partial charge < -0.3 is 14.2 Å². The van der Waals surface area contributed by atoms with Crippen molar-refractivity contribution in [1.29, 1.82) is 0 Å². The van der Waals surface area contributed by atoms with E-state index >= 15 is 0 Å². The van der Waals surface area contributed by atoms with Gasteiger partial charge in [-0.15, -0.1) is 0 Å². The van der Waals surface area contributed by atoms with Crippen LogP contribution in [0.4, 0.5) is 13.6 Å². The molecule has 140 valence electrons. The molecular weight excluding hydrogens is 356 g/mol. The average molecular weight is 375 g/mol. The fourth-order valence-corrected chi connectivity index (χ4v) is 1.87. The minimum Gasteiger partial charge on any atom is -0.456 e. The minimum absolute atomic E-state index is 0.0383. The van der Waals surface area contributed by atoms with Crippen molar-refractivity contribution in [3.05, 3.63) is 0 Å². The molecule has 9 nitrogen and oxygen atoms in total. The molecule has 12 heteroatoms. The van der Waals surface area contributed by atoms with Crippen LogP contribution < -0.4 is 0 Å². The Labute approximate surface area is 137 Å². The number of ether oxygens (including phenoxy) is 3. The summed E-state index contributed by atoms with van der Waals surface area (Å²) < 4.78 is 69.8. The van der Waals surface area contributed by atoms with Crippen LogP contribution in [-0.2, 0) is 29.1 Å². The fraction of sp³-hybridized carbons (Fsp3) is 0.833. The number of halogens is 2. The summed E-state index contributed by atoms with van der Waals surface area (Å²) in [4.78, 5) is 24.9. The van der Waals surface area contributed by atoms with Gasteiger partial charge in [-0.3, -0.25) is 9.45 Å². The Morgan fingerprint density at radius 2 is 1.92 bits per heavy atom. The number of nitrogens with zero attached hydrogens (tertiary/aromatic N) is 1. The maximum atomic E-state index is 13.1. The van der Waals surface area contributed by atoms with Gasteiger partial charge >= 0.3 is 27.4 Å². The summed E-state index contributed by atoms with van der Waals surface area (Å²) in [5.74, 6) is -1.30. The van der Waals surface area contributed by atoms with Crippen LogP contribution in [0.3, 0.4) is 0 Å². The zero-order valence-electron chi connectivity index (χ0n) is 13.3. The standard InChI is InChI=1S/C12H19F2NO8S/c1-11(2,3)23-10(17)15-4-5-21-6-8(15)9(16)22-7-12(13,14)24(18,19)20/h8H,4-7H2,1-3H3,(H,18,19,20). The Kier molecular flexibility index (Phi) is 6.11. The van der Waals surface area contributed by atoms with Crippen LogP contribution in [0.5, 0.6) is 0 Å². The van der Waals surface area contributed by atoms with Crippen LogP contribution in [0, 0.1) is 0 Å². The predicted octanol–water partition coefficient (Wildman–Crippen LogP) is 0.646. The molecule has 1 unspecified atom stereocenters. The van der Waals surface area contributed by atoms with Crippen molar-refractivity contribution in [2.24, 2.45) is 0 Å². The van der Waals surface area contributed by atoms with E-state index in [1.807, 2.05) is 0 Å². The van der Waals surface area contributed by atoms with Gasteiger partial charge in [-0.2, -0.15) is 17.2 Å². The molecule has 0 aromatic rings. The van der Waals surface area contributed by atoms with Crippen molar-refractivity contribution in [2.45, 2.75) is 37.7 Å². The normalized spacial score (nSPS) is 19.8. The third kappa shape index (κ3) is 5.53. The second-order valence-corrected chi connectivity index (χ2v) is 7.53. The van der Waals surface area contributed by atoms with E-state index in [1.165, 1.54) is 0 Å². The molecule has 0 spiro atoms. The van der Waals surface area contributed by atoms with Gasteiger partial charge in [0.15, 0.2) is 12.6 Å². The number of carbonyl (C=O) groups excluding carboxylic acids is 2. The monoisotopic (exact) mass is 375 g/mol. The maximum absolute atomic E-state index is 13.1. The Morgan fingerprint density at radius 1 is 1.33 bits per heavy atom. The number of amides is 1. The summed E-state index contributed by atoms with van der Waals surface area (Å²) >= 11 is 0. The Bertz CT molecular complexity index is 586. The number of hydrogen-bond donors (Lipinski definition) is 1. The molecule has 1 fully saturated rings. The predicted molar refractivity (Wildman–Crippen MR) is 75.0 cm³/mol. The first-order valence-corrected chi connectivity index (χ1v) is 8.27. The second kappa shape index (κ2) is 7.15. The molecule has 1 saturated heterocycles. The molecule has 0 aromatic heterocycles. The molecule has 0 radical (unpaired) electrons. The van der Waals surface area contributed by atoms with Crippen molar-refractivity contribution < 1.29 is 45.6 Å². The lowest BCUT2D eigenvalue weighted by molar-refractivity contribution is -0.161. The van der Waals surface area contributed by atoms with Crippen molar-refractivity contribution in [3.63, 3.8) is 0 Å². The van der Waals surface area contributed by atoms with Crippen LogP contribution in [0.2, 0.25) is 0 Å². The smallest absolute Gasteiger partial charge is 0.411 e. The lowest BCUT2D eigenvalue weighted by atomic mass is 10.2. The molecule has 0 aromatic carbocycles. The average Bonchev–Trinajstić information content (AvgIpc) is 2.41. The third-order valence-electron chi connectivity index (χ3n) is 2.79. The Balaban J connectivity index is 2.77. The van der Waals surface area contributed by atoms with Crippen LogP contribution in [-0.4, -0.2) is 73.2 Å². The third-order valence-corrected chi connectivity index (χ3v) is 3.66. The zero-order chi connectivity index (χ0) is 18.8. The number of carbonyl (C=O) groups is 2. The highest BCUT2D eigenvalue weighted by atomic mass is 32.2. The maximum Gasteiger partial charge on any atom is 0.411 e. The van der Waals surface area contributed by atoms with E-state index in [9.17, 15) is 26.8 Å². The van der Waals surface area contributed by atoms with Gasteiger partial charge in [0.05, 0.1) is 13.2 Å². The number of rotatable bonds is 4. The largest absolute Gasteiger partial charge is 0.456 e. The first kappa shape index (κ1) is 20.5. The summed E-state index contributed by atoms with van der Waals surface area (Å²) in [5.41, 5.74) is -0.845. The van der Waals surface area contributed by atoms with E-state index in [1.54, 1.807) is 20.8 Å². The van der Waals surface area contributed by atoms with Crippen molar-refractivity contribution in [3.8, 4) is 0 Å². The Morgan fingerprint density at radius 3 is 2.42 bits per heavy atom. The molecular formula is C12H19F2NO8S. The lowest BCUT2D eigenvalue weighted by Gasteiger charge is -2.35. The quantitative estimate of drug-likeness (QED) is 0.562. The first-order valence-electron chi connectivity index (χ1n) is 6.83. The van der Waals surface area contributed by atoms with Crippen molar-refractivity contribution in [1.82, 2.24) is 4.90 Å². The van der Waals surface area contributed by atoms with E-state index in [0.717, 1.165) is 4.90 Å². The SMILES string of the molecule is CC(C)(C)OC(=O)N1CCOCC1C(=O)OCC(F)(F)S(=O)(=O)O. The van der Waals surface area contributed by atoms with Gasteiger partial charge in [-0.1, -0.05) is 0 Å². The molecule has 1 aliphatic heterocycles. The summed E-state index contributed by atoms with van der Waals surface area (Å²) in [5, 5.41) is -4.66. The molecule has 1 amide bonds. The summed E-state index contributed by atoms with van der Waals surface area (Å²) in [7, 11) is -5.73. The Hall–Kier alpha value is -1.53. The highest BCUT2D eigenvalue weighted by Gasteiger charge is 2.47. The molecule has 1 heterocycles. The van der Waals surface area contributed by atoms with Crippen molar-refractivity contribution in [2.75, 3.05) is 26.4 Å². The molecule has 0 saturated carbocycles. The summed E-state index contributed by atoms with van der Waals surface area (Å²) in [6.45, 7) is 2.66.